The Morgan fingerprint density at radius 1 is 1.25 bits per heavy atom. The lowest BCUT2D eigenvalue weighted by Gasteiger charge is -2.11. The third kappa shape index (κ3) is 9.24. The van der Waals surface area contributed by atoms with Crippen LogP contribution in [0.5, 0.6) is 0 Å². The van der Waals surface area contributed by atoms with Gasteiger partial charge in [-0.25, -0.2) is 4.79 Å². The number of aliphatic carboxylic acids is 1. The summed E-state index contributed by atoms with van der Waals surface area (Å²) in [7, 11) is 0. The van der Waals surface area contributed by atoms with Crippen LogP contribution in [-0.4, -0.2) is 23.0 Å². The van der Waals surface area contributed by atoms with Gasteiger partial charge >= 0.3 is 5.97 Å². The first kappa shape index (κ1) is 14.7. The van der Waals surface area contributed by atoms with E-state index in [2.05, 4.69) is 12.2 Å². The summed E-state index contributed by atoms with van der Waals surface area (Å²) in [5, 5.41) is 11.1. The molecule has 16 heavy (non-hydrogen) atoms. The molecule has 0 aliphatic rings. The number of amides is 1. The van der Waals surface area contributed by atoms with Crippen molar-refractivity contribution in [2.75, 3.05) is 0 Å². The van der Waals surface area contributed by atoms with Gasteiger partial charge in [-0.2, -0.15) is 0 Å². The monoisotopic (exact) mass is 227 g/mol. The van der Waals surface area contributed by atoms with Crippen molar-refractivity contribution in [3.05, 3.63) is 12.2 Å². The van der Waals surface area contributed by atoms with Crippen LogP contribution < -0.4 is 5.32 Å². The van der Waals surface area contributed by atoms with Crippen molar-refractivity contribution in [3.63, 3.8) is 0 Å². The first-order valence-electron chi connectivity index (χ1n) is 5.77. The Balaban J connectivity index is 3.65. The van der Waals surface area contributed by atoms with Crippen LogP contribution in [0.1, 0.15) is 46.0 Å². The number of hydrogen-bond acceptors (Lipinski definition) is 2. The van der Waals surface area contributed by atoms with E-state index in [1.54, 1.807) is 0 Å². The maximum Gasteiger partial charge on any atom is 0.328 e. The van der Waals surface area contributed by atoms with Crippen LogP contribution in [0.2, 0.25) is 0 Å². The minimum atomic E-state index is -1.11. The highest BCUT2D eigenvalue weighted by molar-refractivity contribution is 5.93. The second kappa shape index (κ2) is 8.95. The van der Waals surface area contributed by atoms with Crippen molar-refractivity contribution < 1.29 is 14.7 Å². The average Bonchev–Trinajstić information content (AvgIpc) is 2.21. The zero-order valence-electron chi connectivity index (χ0n) is 10.0. The van der Waals surface area contributed by atoms with Crippen LogP contribution in [0.15, 0.2) is 12.2 Å². The molecule has 4 heteroatoms. The van der Waals surface area contributed by atoms with Crippen molar-refractivity contribution in [3.8, 4) is 0 Å². The normalized spacial score (nSPS) is 12.6. The highest BCUT2D eigenvalue weighted by Crippen LogP contribution is 2.05. The Kier molecular flexibility index (Phi) is 8.21. The molecule has 2 N–H and O–H groups in total. The van der Waals surface area contributed by atoms with Crippen molar-refractivity contribution >= 4 is 11.9 Å². The van der Waals surface area contributed by atoms with Gasteiger partial charge in [0.1, 0.15) is 0 Å². The summed E-state index contributed by atoms with van der Waals surface area (Å²) >= 11 is 0. The van der Waals surface area contributed by atoms with E-state index < -0.39 is 5.97 Å². The number of hydrogen-bond donors (Lipinski definition) is 2. The molecule has 4 nitrogen and oxygen atoms in total. The van der Waals surface area contributed by atoms with Gasteiger partial charge in [-0.15, -0.1) is 0 Å². The molecule has 0 spiro atoms. The molecular weight excluding hydrogens is 206 g/mol. The molecule has 0 fully saturated rings. The number of unbranched alkanes of at least 4 members (excludes halogenated alkanes) is 3. The zero-order chi connectivity index (χ0) is 12.4. The Hall–Kier alpha value is -1.32. The third-order valence-electron chi connectivity index (χ3n) is 2.26. The fraction of sp³-hybridized carbons (Fsp3) is 0.667. The van der Waals surface area contributed by atoms with E-state index in [0.717, 1.165) is 25.0 Å². The van der Waals surface area contributed by atoms with Gasteiger partial charge in [-0.1, -0.05) is 32.6 Å². The molecule has 92 valence electrons. The van der Waals surface area contributed by atoms with E-state index >= 15 is 0 Å². The molecule has 0 heterocycles. The zero-order valence-corrected chi connectivity index (χ0v) is 10.0. The van der Waals surface area contributed by atoms with Gasteiger partial charge in [0, 0.05) is 18.2 Å². The minimum Gasteiger partial charge on any atom is -0.478 e. The van der Waals surface area contributed by atoms with E-state index in [9.17, 15) is 9.59 Å². The summed E-state index contributed by atoms with van der Waals surface area (Å²) in [4.78, 5) is 21.4. The standard InChI is InChI=1S/C12H21NO3/c1-3-4-5-6-7-10(2)13-11(14)8-9-12(15)16/h8-10H,3-7H2,1-2H3,(H,13,14)(H,15,16)/b9-8+. The molecule has 1 unspecified atom stereocenters. The van der Waals surface area contributed by atoms with Crippen molar-refractivity contribution in [1.82, 2.24) is 5.32 Å². The molecule has 0 aromatic rings. The topological polar surface area (TPSA) is 66.4 Å². The lowest BCUT2D eigenvalue weighted by atomic mass is 10.1. The van der Waals surface area contributed by atoms with Gasteiger partial charge in [0.2, 0.25) is 5.91 Å². The minimum absolute atomic E-state index is 0.0998. The van der Waals surface area contributed by atoms with Crippen LogP contribution >= 0.6 is 0 Å². The summed E-state index contributed by atoms with van der Waals surface area (Å²) in [6.07, 6.45) is 7.53. The number of carboxylic acids is 1. The predicted octanol–water partition coefficient (Wildman–Crippen LogP) is 2.10. The lowest BCUT2D eigenvalue weighted by Crippen LogP contribution is -2.31. The van der Waals surface area contributed by atoms with Gasteiger partial charge in [0.05, 0.1) is 0 Å². The van der Waals surface area contributed by atoms with E-state index in [0.29, 0.717) is 0 Å². The van der Waals surface area contributed by atoms with E-state index in [1.807, 2.05) is 6.92 Å². The molecule has 0 aromatic heterocycles. The third-order valence-corrected chi connectivity index (χ3v) is 2.26. The molecule has 1 amide bonds. The SMILES string of the molecule is CCCCCCC(C)NC(=O)/C=C/C(=O)O. The quantitative estimate of drug-likeness (QED) is 0.493. The molecule has 0 bridgehead atoms. The molecule has 0 aliphatic heterocycles. The van der Waals surface area contributed by atoms with E-state index in [-0.39, 0.29) is 11.9 Å². The highest BCUT2D eigenvalue weighted by atomic mass is 16.4. The summed E-state index contributed by atoms with van der Waals surface area (Å²) < 4.78 is 0. The van der Waals surface area contributed by atoms with Crippen LogP contribution in [0.4, 0.5) is 0 Å². The van der Waals surface area contributed by atoms with Gasteiger partial charge in [-0.3, -0.25) is 4.79 Å². The second-order valence-electron chi connectivity index (χ2n) is 3.93. The molecule has 0 radical (unpaired) electrons. The second-order valence-corrected chi connectivity index (χ2v) is 3.93. The maximum atomic E-state index is 11.2. The van der Waals surface area contributed by atoms with Crippen LogP contribution in [-0.2, 0) is 9.59 Å². The largest absolute Gasteiger partial charge is 0.478 e. The first-order chi connectivity index (χ1) is 7.56. The number of nitrogens with one attached hydrogen (secondary N) is 1. The summed E-state index contributed by atoms with van der Waals surface area (Å²) in [6.45, 7) is 4.08. The van der Waals surface area contributed by atoms with E-state index in [4.69, 9.17) is 5.11 Å². The molecule has 0 rings (SSSR count). The fourth-order valence-electron chi connectivity index (χ4n) is 1.39. The molecule has 0 aliphatic carbocycles. The lowest BCUT2D eigenvalue weighted by molar-refractivity contribution is -0.131. The highest BCUT2D eigenvalue weighted by Gasteiger charge is 2.04. The Morgan fingerprint density at radius 3 is 2.50 bits per heavy atom. The van der Waals surface area contributed by atoms with Gasteiger partial charge in [0.15, 0.2) is 0 Å². The molecule has 0 aromatic carbocycles. The Morgan fingerprint density at radius 2 is 1.94 bits per heavy atom. The Bertz CT molecular complexity index is 249. The van der Waals surface area contributed by atoms with Crippen LogP contribution in [0.3, 0.4) is 0 Å². The number of carboxylic acid groups (broad SMARTS) is 1. The fourth-order valence-corrected chi connectivity index (χ4v) is 1.39. The molecule has 0 saturated carbocycles. The number of carbonyl (C=O) groups is 2. The number of rotatable bonds is 8. The summed E-state index contributed by atoms with van der Waals surface area (Å²) in [6, 6.07) is 0.0998. The first-order valence-corrected chi connectivity index (χ1v) is 5.77. The average molecular weight is 227 g/mol. The molecule has 1 atom stereocenters. The van der Waals surface area contributed by atoms with Gasteiger partial charge < -0.3 is 10.4 Å². The van der Waals surface area contributed by atoms with Gasteiger partial charge in [-0.05, 0) is 13.3 Å². The van der Waals surface area contributed by atoms with Crippen molar-refractivity contribution in [2.24, 2.45) is 0 Å². The summed E-state index contributed by atoms with van der Waals surface area (Å²) in [5.74, 6) is -1.45. The Labute approximate surface area is 96.7 Å². The van der Waals surface area contributed by atoms with E-state index in [1.165, 1.54) is 19.3 Å². The maximum absolute atomic E-state index is 11.2. The summed E-state index contributed by atoms with van der Waals surface area (Å²) in [5.41, 5.74) is 0. The number of carbonyl (C=O) groups excluding carboxylic acids is 1. The van der Waals surface area contributed by atoms with Gasteiger partial charge in [0.25, 0.3) is 0 Å². The smallest absolute Gasteiger partial charge is 0.328 e. The molecular formula is C12H21NO3. The van der Waals surface area contributed by atoms with Crippen molar-refractivity contribution in [1.29, 1.82) is 0 Å². The van der Waals surface area contributed by atoms with Crippen LogP contribution in [0.25, 0.3) is 0 Å². The van der Waals surface area contributed by atoms with Crippen molar-refractivity contribution in [2.45, 2.75) is 52.0 Å². The van der Waals surface area contributed by atoms with Crippen LogP contribution in [0, 0.1) is 0 Å². The predicted molar refractivity (Wildman–Crippen MR) is 63.1 cm³/mol. The molecule has 0 saturated heterocycles.